The van der Waals surface area contributed by atoms with Gasteiger partial charge < -0.3 is 9.47 Å². The van der Waals surface area contributed by atoms with E-state index in [1.807, 2.05) is 0 Å². The van der Waals surface area contributed by atoms with Gasteiger partial charge >= 0.3 is 5.97 Å². The van der Waals surface area contributed by atoms with Crippen LogP contribution < -0.4 is 9.57 Å². The first-order valence-corrected chi connectivity index (χ1v) is 6.64. The molecule has 0 aliphatic rings. The van der Waals surface area contributed by atoms with Crippen LogP contribution in [-0.4, -0.2) is 5.97 Å². The Kier molecular flexibility index (Phi) is 5.16. The van der Waals surface area contributed by atoms with Gasteiger partial charge in [-0.15, -0.1) is 5.26 Å². The van der Waals surface area contributed by atoms with Gasteiger partial charge in [0.05, 0.1) is 5.56 Å². The summed E-state index contributed by atoms with van der Waals surface area (Å²) >= 11 is 0. The molecule has 0 aromatic heterocycles. The molecule has 0 amide bonds. The number of carbonyl (C=O) groups excluding carboxylic acids is 1. The van der Waals surface area contributed by atoms with E-state index in [-0.39, 0.29) is 0 Å². The molecule has 0 bridgehead atoms. The first-order chi connectivity index (χ1) is 11.1. The van der Waals surface area contributed by atoms with Crippen molar-refractivity contribution in [2.75, 3.05) is 0 Å². The summed E-state index contributed by atoms with van der Waals surface area (Å²) in [5.74, 6) is 0.298. The average molecular weight is 308 g/mol. The van der Waals surface area contributed by atoms with Crippen LogP contribution in [0.4, 0.5) is 0 Å². The van der Waals surface area contributed by atoms with Crippen molar-refractivity contribution < 1.29 is 19.1 Å². The predicted molar refractivity (Wildman–Crippen MR) is 80.2 cm³/mol. The van der Waals surface area contributed by atoms with Gasteiger partial charge in [0.1, 0.15) is 11.9 Å². The van der Waals surface area contributed by atoms with Gasteiger partial charge in [0.25, 0.3) is 6.26 Å². The zero-order chi connectivity index (χ0) is 16.7. The quantitative estimate of drug-likeness (QED) is 0.364. The van der Waals surface area contributed by atoms with Crippen LogP contribution in [0.15, 0.2) is 48.5 Å². The van der Waals surface area contributed by atoms with Crippen molar-refractivity contribution in [3.63, 3.8) is 0 Å². The molecular weight excluding hydrogens is 296 g/mol. The van der Waals surface area contributed by atoms with Gasteiger partial charge in [-0.3, -0.25) is 0 Å². The van der Waals surface area contributed by atoms with Crippen LogP contribution in [0.3, 0.4) is 0 Å². The normalized spacial score (nSPS) is 10.7. The molecule has 0 saturated heterocycles. The van der Waals surface area contributed by atoms with Crippen molar-refractivity contribution >= 4 is 5.97 Å². The van der Waals surface area contributed by atoms with Crippen molar-refractivity contribution in [1.82, 2.24) is 0 Å². The Hall–Kier alpha value is -3.51. The Bertz CT molecular complexity index is 755. The number of hydrogen-bond acceptors (Lipinski definition) is 5. The highest BCUT2D eigenvalue weighted by molar-refractivity contribution is 5.89. The molecule has 0 aliphatic heterocycles. The number of ether oxygens (including phenoxy) is 2. The smallest absolute Gasteiger partial charge is 0.338 e. The van der Waals surface area contributed by atoms with Crippen molar-refractivity contribution in [3.05, 3.63) is 71.2 Å². The standard InChI is InChI=1S/C17H12N2O4/c1-12(13-3-7-15(8-4-13)21-11-18)22-17(20)14-5-9-16(10-6-14)23-19-2/h3-10,12H,1H3. The molecule has 0 fully saturated rings. The number of hydrogen-bond donors (Lipinski definition) is 0. The minimum atomic E-state index is -0.482. The fraction of sp³-hybridized carbons (Fsp3) is 0.118. The number of nitrogens with zero attached hydrogens (tertiary/aromatic N) is 2. The minimum absolute atomic E-state index is 0.359. The molecule has 114 valence electrons. The highest BCUT2D eigenvalue weighted by Crippen LogP contribution is 2.22. The number of rotatable bonds is 5. The van der Waals surface area contributed by atoms with E-state index in [2.05, 4.69) is 14.6 Å². The van der Waals surface area contributed by atoms with E-state index in [1.165, 1.54) is 24.3 Å². The first-order valence-electron chi connectivity index (χ1n) is 6.64. The molecule has 0 saturated carbocycles. The Morgan fingerprint density at radius 2 is 1.74 bits per heavy atom. The summed E-state index contributed by atoms with van der Waals surface area (Å²) in [6.07, 6.45) is 1.13. The molecule has 23 heavy (non-hydrogen) atoms. The van der Waals surface area contributed by atoms with Crippen LogP contribution in [0.2, 0.25) is 0 Å². The molecule has 0 heterocycles. The van der Waals surface area contributed by atoms with Crippen LogP contribution in [0.25, 0.3) is 5.01 Å². The molecule has 2 aromatic rings. The second-order valence-electron chi connectivity index (χ2n) is 4.52. The van der Waals surface area contributed by atoms with E-state index in [9.17, 15) is 4.79 Å². The molecule has 1 unspecified atom stereocenters. The maximum Gasteiger partial charge on any atom is 0.338 e. The highest BCUT2D eigenvalue weighted by atomic mass is 16.6. The fourth-order valence-electron chi connectivity index (χ4n) is 1.86. The lowest BCUT2D eigenvalue weighted by molar-refractivity contribution is 0.0338. The highest BCUT2D eigenvalue weighted by Gasteiger charge is 2.14. The van der Waals surface area contributed by atoms with E-state index in [0.29, 0.717) is 17.1 Å². The van der Waals surface area contributed by atoms with Gasteiger partial charge in [0.15, 0.2) is 0 Å². The zero-order valence-corrected chi connectivity index (χ0v) is 12.2. The van der Waals surface area contributed by atoms with E-state index < -0.39 is 12.1 Å². The number of esters is 1. The Balaban J connectivity index is 2.01. The summed E-state index contributed by atoms with van der Waals surface area (Å²) in [6.45, 7) is 8.34. The van der Waals surface area contributed by atoms with Gasteiger partial charge in [-0.1, -0.05) is 12.1 Å². The molecule has 0 aliphatic carbocycles. The second kappa shape index (κ2) is 7.48. The van der Waals surface area contributed by atoms with Gasteiger partial charge in [-0.2, -0.15) is 11.4 Å². The topological polar surface area (TPSA) is 72.9 Å². The van der Waals surface area contributed by atoms with Gasteiger partial charge in [-0.05, 0) is 53.9 Å². The van der Waals surface area contributed by atoms with Crippen LogP contribution in [0.1, 0.15) is 28.9 Å². The third-order valence-electron chi connectivity index (χ3n) is 3.04. The maximum absolute atomic E-state index is 12.1. The maximum atomic E-state index is 12.1. The summed E-state index contributed by atoms with van der Waals surface area (Å²) in [4.78, 5) is 16.7. The minimum Gasteiger partial charge on any atom is -0.454 e. The Morgan fingerprint density at radius 1 is 1.13 bits per heavy atom. The average Bonchev–Trinajstić information content (AvgIpc) is 2.56. The summed E-state index contributed by atoms with van der Waals surface area (Å²) in [6, 6.07) is 12.8. The first kappa shape index (κ1) is 15.9. The Labute approximate surface area is 133 Å². The molecule has 0 radical (unpaired) electrons. The largest absolute Gasteiger partial charge is 0.454 e. The van der Waals surface area contributed by atoms with E-state index in [4.69, 9.17) is 16.6 Å². The molecule has 0 spiro atoms. The van der Waals surface area contributed by atoms with Crippen LogP contribution >= 0.6 is 0 Å². The monoisotopic (exact) mass is 308 g/mol. The van der Waals surface area contributed by atoms with E-state index in [1.54, 1.807) is 37.4 Å². The van der Waals surface area contributed by atoms with Crippen LogP contribution in [0.5, 0.6) is 11.5 Å². The molecule has 2 rings (SSSR count). The lowest BCUT2D eigenvalue weighted by Crippen LogP contribution is -2.09. The summed E-state index contributed by atoms with van der Waals surface area (Å²) in [7, 11) is 0. The van der Waals surface area contributed by atoms with Crippen molar-refractivity contribution in [2.45, 2.75) is 13.0 Å². The molecular formula is C17H12N2O4. The summed E-state index contributed by atoms with van der Waals surface area (Å²) in [5.41, 5.74) is 1.13. The van der Waals surface area contributed by atoms with Gasteiger partial charge in [0.2, 0.25) is 5.75 Å². The molecule has 6 nitrogen and oxygen atoms in total. The van der Waals surface area contributed by atoms with E-state index in [0.717, 1.165) is 5.56 Å². The lowest BCUT2D eigenvalue weighted by Gasteiger charge is -2.13. The predicted octanol–water partition coefficient (Wildman–Crippen LogP) is 3.68. The number of nitriles is 1. The third kappa shape index (κ3) is 4.23. The van der Waals surface area contributed by atoms with Crippen LogP contribution in [-0.2, 0) is 4.74 Å². The summed E-state index contributed by atoms with van der Waals surface area (Å²) < 4.78 is 10.1. The molecule has 1 atom stereocenters. The Morgan fingerprint density at radius 3 is 2.30 bits per heavy atom. The van der Waals surface area contributed by atoms with Gasteiger partial charge in [0, 0.05) is 0 Å². The second-order valence-corrected chi connectivity index (χ2v) is 4.52. The number of benzene rings is 2. The zero-order valence-electron chi connectivity index (χ0n) is 12.2. The van der Waals surface area contributed by atoms with Crippen LogP contribution in [0, 0.1) is 18.1 Å². The molecule has 0 N–H and O–H groups in total. The van der Waals surface area contributed by atoms with Crippen molar-refractivity contribution in [1.29, 1.82) is 5.26 Å². The SMILES string of the molecule is [C-]#[N+]Oc1ccc(C(=O)OC(C)c2ccc(OC#N)cc2)cc1. The lowest BCUT2D eigenvalue weighted by atomic mass is 10.1. The number of carbonyl (C=O) groups is 1. The van der Waals surface area contributed by atoms with Crippen molar-refractivity contribution in [3.8, 4) is 17.8 Å². The third-order valence-corrected chi connectivity index (χ3v) is 3.04. The molecule has 6 heteroatoms. The fourth-order valence-corrected chi connectivity index (χ4v) is 1.86. The van der Waals surface area contributed by atoms with E-state index >= 15 is 0 Å². The van der Waals surface area contributed by atoms with Crippen molar-refractivity contribution in [2.24, 2.45) is 0 Å². The molecule has 2 aromatic carbocycles. The summed E-state index contributed by atoms with van der Waals surface area (Å²) in [5, 5.41) is 11.2. The van der Waals surface area contributed by atoms with Gasteiger partial charge in [-0.25, -0.2) is 4.79 Å².